The lowest BCUT2D eigenvalue weighted by atomic mass is 10.0. The molecule has 0 unspecified atom stereocenters. The van der Waals surface area contributed by atoms with E-state index in [1.807, 2.05) is 13.8 Å². The van der Waals surface area contributed by atoms with Gasteiger partial charge in [0.1, 0.15) is 0 Å². The summed E-state index contributed by atoms with van der Waals surface area (Å²) in [5, 5.41) is 11.0. The molecule has 1 heterocycles. The molecule has 0 radical (unpaired) electrons. The minimum absolute atomic E-state index is 0.0485. The van der Waals surface area contributed by atoms with E-state index in [1.54, 1.807) is 11.8 Å². The Morgan fingerprint density at radius 1 is 1.10 bits per heavy atom. The molecule has 0 aliphatic rings. The van der Waals surface area contributed by atoms with Crippen LogP contribution in [0.25, 0.3) is 11.4 Å². The highest BCUT2D eigenvalue weighted by Gasteiger charge is 2.10. The number of hydrogen-bond acceptors (Lipinski definition) is 4. The molecule has 2 N–H and O–H groups in total. The average molecular weight is 409 g/mol. The highest BCUT2D eigenvalue weighted by Crippen LogP contribution is 2.23. The standard InChI is InChI=1S/C23H28N4OS/c1-5-18-8-10-19(11-9-18)22-25-23(27-26-22)29-12-6-7-20(28)24-21-16(3)13-15(2)14-17(21)4/h8-11,13-14H,5-7,12H2,1-4H3,(H,24,28)(H,25,26,27). The number of aromatic nitrogens is 3. The van der Waals surface area contributed by atoms with Crippen LogP contribution in [0, 0.1) is 20.8 Å². The van der Waals surface area contributed by atoms with E-state index >= 15 is 0 Å². The minimum atomic E-state index is 0.0485. The second-order valence-corrected chi connectivity index (χ2v) is 8.35. The van der Waals surface area contributed by atoms with E-state index < -0.39 is 0 Å². The van der Waals surface area contributed by atoms with E-state index in [1.165, 1.54) is 11.1 Å². The molecule has 2 aromatic carbocycles. The van der Waals surface area contributed by atoms with Gasteiger partial charge in [-0.3, -0.25) is 9.89 Å². The number of aryl methyl sites for hydroxylation is 4. The molecule has 0 saturated heterocycles. The first-order valence-electron chi connectivity index (χ1n) is 9.98. The van der Waals surface area contributed by atoms with Crippen molar-refractivity contribution in [2.24, 2.45) is 0 Å². The van der Waals surface area contributed by atoms with Crippen LogP contribution in [-0.2, 0) is 11.2 Å². The van der Waals surface area contributed by atoms with Gasteiger partial charge < -0.3 is 5.32 Å². The zero-order valence-corrected chi connectivity index (χ0v) is 18.3. The van der Waals surface area contributed by atoms with Gasteiger partial charge in [-0.2, -0.15) is 0 Å². The number of hydrogen-bond donors (Lipinski definition) is 2. The summed E-state index contributed by atoms with van der Waals surface area (Å²) in [6.45, 7) is 8.27. The molecule has 0 spiro atoms. The van der Waals surface area contributed by atoms with E-state index in [-0.39, 0.29) is 5.91 Å². The number of carbonyl (C=O) groups is 1. The van der Waals surface area contributed by atoms with Gasteiger partial charge in [-0.25, -0.2) is 4.98 Å². The number of benzene rings is 2. The van der Waals surface area contributed by atoms with E-state index in [0.717, 1.165) is 46.8 Å². The number of nitrogens with one attached hydrogen (secondary N) is 2. The Bertz CT molecular complexity index is 956. The van der Waals surface area contributed by atoms with Crippen molar-refractivity contribution < 1.29 is 4.79 Å². The molecular formula is C23H28N4OS. The van der Waals surface area contributed by atoms with Gasteiger partial charge in [0.25, 0.3) is 0 Å². The van der Waals surface area contributed by atoms with Gasteiger partial charge in [0.2, 0.25) is 11.1 Å². The van der Waals surface area contributed by atoms with Gasteiger partial charge in [-0.1, -0.05) is 60.6 Å². The minimum Gasteiger partial charge on any atom is -0.326 e. The van der Waals surface area contributed by atoms with Crippen molar-refractivity contribution in [3.05, 3.63) is 58.7 Å². The number of amides is 1. The Balaban J connectivity index is 1.46. The third kappa shape index (κ3) is 5.70. The highest BCUT2D eigenvalue weighted by molar-refractivity contribution is 7.99. The fourth-order valence-corrected chi connectivity index (χ4v) is 4.05. The predicted octanol–water partition coefficient (Wildman–Crippen LogP) is 5.47. The smallest absolute Gasteiger partial charge is 0.224 e. The topological polar surface area (TPSA) is 70.7 Å². The maximum atomic E-state index is 12.3. The number of thioether (sulfide) groups is 1. The summed E-state index contributed by atoms with van der Waals surface area (Å²) in [4.78, 5) is 16.8. The van der Waals surface area contributed by atoms with Crippen LogP contribution in [0.15, 0.2) is 41.6 Å². The quantitative estimate of drug-likeness (QED) is 0.383. The van der Waals surface area contributed by atoms with Crippen molar-refractivity contribution in [2.75, 3.05) is 11.1 Å². The average Bonchev–Trinajstić information content (AvgIpc) is 3.17. The molecule has 0 atom stereocenters. The molecule has 152 valence electrons. The monoisotopic (exact) mass is 408 g/mol. The first kappa shape index (κ1) is 21.1. The summed E-state index contributed by atoms with van der Waals surface area (Å²) in [5.74, 6) is 1.62. The highest BCUT2D eigenvalue weighted by atomic mass is 32.2. The van der Waals surface area contributed by atoms with Crippen LogP contribution >= 0.6 is 11.8 Å². The number of rotatable bonds is 8. The van der Waals surface area contributed by atoms with Crippen LogP contribution in [0.2, 0.25) is 0 Å². The molecule has 0 fully saturated rings. The van der Waals surface area contributed by atoms with Gasteiger partial charge in [0.05, 0.1) is 0 Å². The molecule has 3 rings (SSSR count). The molecule has 0 aliphatic heterocycles. The molecule has 29 heavy (non-hydrogen) atoms. The van der Waals surface area contributed by atoms with E-state index in [2.05, 4.69) is 70.7 Å². The zero-order valence-electron chi connectivity index (χ0n) is 17.5. The second-order valence-electron chi connectivity index (χ2n) is 7.29. The normalized spacial score (nSPS) is 10.9. The zero-order chi connectivity index (χ0) is 20.8. The lowest BCUT2D eigenvalue weighted by Crippen LogP contribution is -2.13. The largest absolute Gasteiger partial charge is 0.326 e. The molecule has 0 aliphatic carbocycles. The Labute approximate surface area is 176 Å². The van der Waals surface area contributed by atoms with Crippen molar-refractivity contribution >= 4 is 23.4 Å². The fraction of sp³-hybridized carbons (Fsp3) is 0.348. The number of aromatic amines is 1. The summed E-state index contributed by atoms with van der Waals surface area (Å²) in [6, 6.07) is 12.5. The van der Waals surface area contributed by atoms with Gasteiger partial charge in [-0.15, -0.1) is 5.10 Å². The van der Waals surface area contributed by atoms with E-state index in [9.17, 15) is 4.79 Å². The van der Waals surface area contributed by atoms with Crippen LogP contribution in [0.1, 0.15) is 42.0 Å². The third-order valence-corrected chi connectivity index (χ3v) is 5.75. The summed E-state index contributed by atoms with van der Waals surface area (Å²) < 4.78 is 0. The van der Waals surface area contributed by atoms with Gasteiger partial charge in [0, 0.05) is 23.4 Å². The summed E-state index contributed by atoms with van der Waals surface area (Å²) >= 11 is 1.57. The number of anilines is 1. The summed E-state index contributed by atoms with van der Waals surface area (Å²) in [7, 11) is 0. The first-order valence-corrected chi connectivity index (χ1v) is 11.0. The van der Waals surface area contributed by atoms with Crippen molar-refractivity contribution in [3.8, 4) is 11.4 Å². The number of carbonyl (C=O) groups excluding carboxylic acids is 1. The van der Waals surface area contributed by atoms with Crippen molar-refractivity contribution in [2.45, 2.75) is 52.1 Å². The van der Waals surface area contributed by atoms with Gasteiger partial charge in [-0.05, 0) is 50.3 Å². The van der Waals surface area contributed by atoms with Crippen LogP contribution in [0.3, 0.4) is 0 Å². The lowest BCUT2D eigenvalue weighted by molar-refractivity contribution is -0.116. The molecule has 1 amide bonds. The maximum Gasteiger partial charge on any atom is 0.224 e. The maximum absolute atomic E-state index is 12.3. The first-order chi connectivity index (χ1) is 14.0. The Morgan fingerprint density at radius 2 is 1.79 bits per heavy atom. The Kier molecular flexibility index (Phi) is 7.09. The Hall–Kier alpha value is -2.60. The number of nitrogens with zero attached hydrogens (tertiary/aromatic N) is 2. The number of H-pyrrole nitrogens is 1. The van der Waals surface area contributed by atoms with Crippen molar-refractivity contribution in [1.82, 2.24) is 15.2 Å². The van der Waals surface area contributed by atoms with Crippen LogP contribution in [0.5, 0.6) is 0 Å². The lowest BCUT2D eigenvalue weighted by Gasteiger charge is -2.12. The molecule has 3 aromatic rings. The predicted molar refractivity (Wildman–Crippen MR) is 120 cm³/mol. The van der Waals surface area contributed by atoms with Crippen LogP contribution in [-0.4, -0.2) is 26.8 Å². The molecule has 0 bridgehead atoms. The molecule has 5 nitrogen and oxygen atoms in total. The van der Waals surface area contributed by atoms with Crippen LogP contribution < -0.4 is 5.32 Å². The van der Waals surface area contributed by atoms with Crippen molar-refractivity contribution in [3.63, 3.8) is 0 Å². The fourth-order valence-electron chi connectivity index (χ4n) is 3.31. The SMILES string of the molecule is CCc1ccc(-c2nc(SCCCC(=O)Nc3c(C)cc(C)cc3C)n[nH]2)cc1. The van der Waals surface area contributed by atoms with Crippen LogP contribution in [0.4, 0.5) is 5.69 Å². The third-order valence-electron chi connectivity index (χ3n) is 4.82. The van der Waals surface area contributed by atoms with E-state index in [0.29, 0.717) is 11.6 Å². The second kappa shape index (κ2) is 9.74. The van der Waals surface area contributed by atoms with Gasteiger partial charge >= 0.3 is 0 Å². The molecule has 0 saturated carbocycles. The summed E-state index contributed by atoms with van der Waals surface area (Å²) in [5.41, 5.74) is 6.68. The molecular weight excluding hydrogens is 380 g/mol. The van der Waals surface area contributed by atoms with Gasteiger partial charge in [0.15, 0.2) is 5.82 Å². The summed E-state index contributed by atoms with van der Waals surface area (Å²) in [6.07, 6.45) is 2.28. The molecule has 6 heteroatoms. The Morgan fingerprint density at radius 3 is 2.45 bits per heavy atom. The molecule has 1 aromatic heterocycles. The van der Waals surface area contributed by atoms with E-state index in [4.69, 9.17) is 0 Å². The van der Waals surface area contributed by atoms with Crippen molar-refractivity contribution in [1.29, 1.82) is 0 Å².